The van der Waals surface area contributed by atoms with Crippen molar-refractivity contribution in [3.8, 4) is 5.75 Å². The highest BCUT2D eigenvalue weighted by Crippen LogP contribution is 2.21. The third-order valence-corrected chi connectivity index (χ3v) is 3.24. The average molecular weight is 235 g/mol. The summed E-state index contributed by atoms with van der Waals surface area (Å²) in [6.45, 7) is 6.06. The summed E-state index contributed by atoms with van der Waals surface area (Å²) in [6, 6.07) is 8.26. The van der Waals surface area contributed by atoms with Crippen LogP contribution in [-0.4, -0.2) is 51.3 Å². The SMILES string of the molecule is COc1cccc(N2CCN(CCN)CC2)c1. The van der Waals surface area contributed by atoms with E-state index in [0.29, 0.717) is 0 Å². The first-order valence-corrected chi connectivity index (χ1v) is 6.15. The predicted octanol–water partition coefficient (Wildman–Crippen LogP) is 0.776. The van der Waals surface area contributed by atoms with Crippen LogP contribution in [0.15, 0.2) is 24.3 Å². The van der Waals surface area contributed by atoms with E-state index in [2.05, 4.69) is 21.9 Å². The van der Waals surface area contributed by atoms with Crippen molar-refractivity contribution in [2.75, 3.05) is 51.3 Å². The zero-order valence-electron chi connectivity index (χ0n) is 10.4. The van der Waals surface area contributed by atoms with E-state index in [4.69, 9.17) is 10.5 Å². The van der Waals surface area contributed by atoms with Crippen LogP contribution in [0.4, 0.5) is 5.69 Å². The van der Waals surface area contributed by atoms with Crippen LogP contribution in [0.25, 0.3) is 0 Å². The molecule has 94 valence electrons. The van der Waals surface area contributed by atoms with E-state index in [1.807, 2.05) is 12.1 Å². The van der Waals surface area contributed by atoms with Crippen LogP contribution in [0.3, 0.4) is 0 Å². The average Bonchev–Trinajstić information content (AvgIpc) is 2.40. The highest BCUT2D eigenvalue weighted by molar-refractivity contribution is 5.51. The maximum atomic E-state index is 5.57. The molecule has 0 aromatic heterocycles. The molecule has 0 aliphatic carbocycles. The number of anilines is 1. The topological polar surface area (TPSA) is 41.7 Å². The van der Waals surface area contributed by atoms with Crippen LogP contribution in [0.1, 0.15) is 0 Å². The summed E-state index contributed by atoms with van der Waals surface area (Å²) in [5.41, 5.74) is 6.82. The van der Waals surface area contributed by atoms with Gasteiger partial charge in [-0.25, -0.2) is 0 Å². The van der Waals surface area contributed by atoms with Crippen LogP contribution in [0, 0.1) is 0 Å². The number of benzene rings is 1. The third kappa shape index (κ3) is 3.11. The van der Waals surface area contributed by atoms with Crippen LogP contribution >= 0.6 is 0 Å². The minimum atomic E-state index is 0.749. The van der Waals surface area contributed by atoms with Gasteiger partial charge in [-0.1, -0.05) is 6.07 Å². The van der Waals surface area contributed by atoms with E-state index in [1.165, 1.54) is 5.69 Å². The predicted molar refractivity (Wildman–Crippen MR) is 70.7 cm³/mol. The summed E-state index contributed by atoms with van der Waals surface area (Å²) in [6.07, 6.45) is 0. The summed E-state index contributed by atoms with van der Waals surface area (Å²) in [4.78, 5) is 4.81. The molecule has 0 atom stereocenters. The Labute approximate surface area is 103 Å². The number of hydrogen-bond donors (Lipinski definition) is 1. The van der Waals surface area contributed by atoms with Crippen LogP contribution in [-0.2, 0) is 0 Å². The molecule has 2 rings (SSSR count). The monoisotopic (exact) mass is 235 g/mol. The normalized spacial score (nSPS) is 17.2. The number of ether oxygens (including phenoxy) is 1. The van der Waals surface area contributed by atoms with Crippen LogP contribution < -0.4 is 15.4 Å². The fourth-order valence-corrected chi connectivity index (χ4v) is 2.22. The Hall–Kier alpha value is -1.26. The number of hydrogen-bond acceptors (Lipinski definition) is 4. The van der Waals surface area contributed by atoms with E-state index >= 15 is 0 Å². The maximum absolute atomic E-state index is 5.57. The first kappa shape index (κ1) is 12.2. The Morgan fingerprint density at radius 3 is 2.65 bits per heavy atom. The molecule has 1 aromatic carbocycles. The van der Waals surface area contributed by atoms with Gasteiger partial charge < -0.3 is 15.4 Å². The molecule has 2 N–H and O–H groups in total. The van der Waals surface area contributed by atoms with Crippen molar-refractivity contribution in [1.82, 2.24) is 4.90 Å². The van der Waals surface area contributed by atoms with Gasteiger partial charge in [0.25, 0.3) is 0 Å². The number of rotatable bonds is 4. The molecule has 0 unspecified atom stereocenters. The molecule has 17 heavy (non-hydrogen) atoms. The van der Waals surface area contributed by atoms with Gasteiger partial charge in [-0.15, -0.1) is 0 Å². The number of methoxy groups -OCH3 is 1. The molecule has 1 fully saturated rings. The van der Waals surface area contributed by atoms with Crippen LogP contribution in [0.2, 0.25) is 0 Å². The van der Waals surface area contributed by atoms with Crippen molar-refractivity contribution in [2.24, 2.45) is 5.73 Å². The molecular weight excluding hydrogens is 214 g/mol. The molecule has 0 amide bonds. The largest absolute Gasteiger partial charge is 0.497 e. The quantitative estimate of drug-likeness (QED) is 0.837. The minimum Gasteiger partial charge on any atom is -0.497 e. The van der Waals surface area contributed by atoms with Crippen molar-refractivity contribution < 1.29 is 4.74 Å². The van der Waals surface area contributed by atoms with Gasteiger partial charge in [0, 0.05) is 51.0 Å². The van der Waals surface area contributed by atoms with Gasteiger partial charge >= 0.3 is 0 Å². The number of piperazine rings is 1. The molecule has 1 aliphatic heterocycles. The van der Waals surface area contributed by atoms with Gasteiger partial charge in [-0.05, 0) is 12.1 Å². The Kier molecular flexibility index (Phi) is 4.23. The molecule has 0 spiro atoms. The summed E-state index contributed by atoms with van der Waals surface area (Å²) < 4.78 is 5.25. The molecular formula is C13H21N3O. The Balaban J connectivity index is 1.95. The standard InChI is InChI=1S/C13H21N3O/c1-17-13-4-2-3-12(11-13)16-9-7-15(6-5-14)8-10-16/h2-4,11H,5-10,14H2,1H3. The lowest BCUT2D eigenvalue weighted by Crippen LogP contribution is -2.47. The van der Waals surface area contributed by atoms with E-state index in [1.54, 1.807) is 7.11 Å². The van der Waals surface area contributed by atoms with Crippen molar-refractivity contribution >= 4 is 5.69 Å². The molecule has 1 saturated heterocycles. The lowest BCUT2D eigenvalue weighted by atomic mass is 10.2. The second kappa shape index (κ2) is 5.89. The van der Waals surface area contributed by atoms with Gasteiger partial charge in [0.2, 0.25) is 0 Å². The molecule has 0 saturated carbocycles. The van der Waals surface area contributed by atoms with Crippen LogP contribution in [0.5, 0.6) is 5.75 Å². The minimum absolute atomic E-state index is 0.749. The summed E-state index contributed by atoms with van der Waals surface area (Å²) in [5.74, 6) is 0.923. The molecule has 1 aromatic rings. The first-order valence-electron chi connectivity index (χ1n) is 6.15. The fourth-order valence-electron chi connectivity index (χ4n) is 2.22. The zero-order valence-corrected chi connectivity index (χ0v) is 10.4. The number of nitrogens with two attached hydrogens (primary N) is 1. The van der Waals surface area contributed by atoms with Gasteiger partial charge in [-0.2, -0.15) is 0 Å². The molecule has 0 bridgehead atoms. The molecule has 4 heteroatoms. The highest BCUT2D eigenvalue weighted by Gasteiger charge is 2.16. The van der Waals surface area contributed by atoms with Gasteiger partial charge in [0.05, 0.1) is 7.11 Å². The van der Waals surface area contributed by atoms with Gasteiger partial charge in [-0.3, -0.25) is 4.90 Å². The van der Waals surface area contributed by atoms with E-state index in [-0.39, 0.29) is 0 Å². The van der Waals surface area contributed by atoms with E-state index in [9.17, 15) is 0 Å². The summed E-state index contributed by atoms with van der Waals surface area (Å²) in [5, 5.41) is 0. The van der Waals surface area contributed by atoms with Crippen molar-refractivity contribution in [1.29, 1.82) is 0 Å². The molecule has 4 nitrogen and oxygen atoms in total. The highest BCUT2D eigenvalue weighted by atomic mass is 16.5. The number of nitrogens with zero attached hydrogens (tertiary/aromatic N) is 2. The van der Waals surface area contributed by atoms with Crippen molar-refractivity contribution in [2.45, 2.75) is 0 Å². The summed E-state index contributed by atoms with van der Waals surface area (Å²) in [7, 11) is 1.71. The molecule has 1 aliphatic rings. The Morgan fingerprint density at radius 2 is 2.00 bits per heavy atom. The summed E-state index contributed by atoms with van der Waals surface area (Å²) >= 11 is 0. The molecule has 0 radical (unpaired) electrons. The van der Waals surface area contributed by atoms with Gasteiger partial charge in [0.15, 0.2) is 0 Å². The second-order valence-electron chi connectivity index (χ2n) is 4.32. The van der Waals surface area contributed by atoms with Crippen molar-refractivity contribution in [3.05, 3.63) is 24.3 Å². The molecule has 1 heterocycles. The Bertz CT molecular complexity index is 348. The van der Waals surface area contributed by atoms with Gasteiger partial charge in [0.1, 0.15) is 5.75 Å². The van der Waals surface area contributed by atoms with E-state index in [0.717, 1.165) is 45.0 Å². The fraction of sp³-hybridized carbons (Fsp3) is 0.538. The third-order valence-electron chi connectivity index (χ3n) is 3.24. The lowest BCUT2D eigenvalue weighted by molar-refractivity contribution is 0.265. The second-order valence-corrected chi connectivity index (χ2v) is 4.32. The maximum Gasteiger partial charge on any atom is 0.120 e. The van der Waals surface area contributed by atoms with Crippen molar-refractivity contribution in [3.63, 3.8) is 0 Å². The van der Waals surface area contributed by atoms with E-state index < -0.39 is 0 Å². The zero-order chi connectivity index (χ0) is 12.1. The Morgan fingerprint density at radius 1 is 1.24 bits per heavy atom. The lowest BCUT2D eigenvalue weighted by Gasteiger charge is -2.36. The first-order chi connectivity index (χ1) is 8.33. The smallest absolute Gasteiger partial charge is 0.120 e.